The number of nitrogens with zero attached hydrogens (tertiary/aromatic N) is 1. The smallest absolute Gasteiger partial charge is 0.407 e. The van der Waals surface area contributed by atoms with Crippen LogP contribution < -0.4 is 0 Å². The fraction of sp³-hybridized carbons (Fsp3) is 0.417. The molecule has 0 aromatic heterocycles. The summed E-state index contributed by atoms with van der Waals surface area (Å²) < 4.78 is 5.66. The van der Waals surface area contributed by atoms with E-state index < -0.39 is 6.09 Å². The topological polar surface area (TPSA) is 49.8 Å². The van der Waals surface area contributed by atoms with Gasteiger partial charge in [0.15, 0.2) is 0 Å². The lowest BCUT2D eigenvalue weighted by atomic mass is 10.2. The second-order valence-electron chi connectivity index (χ2n) is 4.08. The number of amides is 1. The average Bonchev–Trinajstić information content (AvgIpc) is 2.77. The summed E-state index contributed by atoms with van der Waals surface area (Å²) in [5, 5.41) is 9.50. The highest BCUT2D eigenvalue weighted by atomic mass is 35.5. The van der Waals surface area contributed by atoms with Gasteiger partial charge in [0.2, 0.25) is 0 Å². The maximum absolute atomic E-state index is 10.7. The maximum atomic E-state index is 10.7. The first-order chi connectivity index (χ1) is 8.15. The van der Waals surface area contributed by atoms with E-state index in [0.29, 0.717) is 24.7 Å². The van der Waals surface area contributed by atoms with Crippen LogP contribution in [0.4, 0.5) is 4.79 Å². The minimum Gasteiger partial charge on any atom is -0.465 e. The highest BCUT2D eigenvalue weighted by molar-refractivity contribution is 6.30. The van der Waals surface area contributed by atoms with E-state index in [1.54, 1.807) is 0 Å². The molecule has 17 heavy (non-hydrogen) atoms. The van der Waals surface area contributed by atoms with E-state index in [-0.39, 0.29) is 6.10 Å². The minimum atomic E-state index is -0.873. The third-order valence-electron chi connectivity index (χ3n) is 2.81. The molecular formula is C12H14ClNO3. The molecule has 0 aliphatic carbocycles. The molecule has 1 saturated heterocycles. The summed E-state index contributed by atoms with van der Waals surface area (Å²) in [6, 6.07) is 7.45. The van der Waals surface area contributed by atoms with Crippen LogP contribution in [0, 0.1) is 0 Å². The van der Waals surface area contributed by atoms with Crippen LogP contribution in [0.5, 0.6) is 0 Å². The molecule has 1 fully saturated rings. The summed E-state index contributed by atoms with van der Waals surface area (Å²) in [6.07, 6.45) is -0.107. The fourth-order valence-electron chi connectivity index (χ4n) is 1.83. The number of benzene rings is 1. The number of hydrogen-bond acceptors (Lipinski definition) is 2. The van der Waals surface area contributed by atoms with E-state index in [1.807, 2.05) is 24.3 Å². The summed E-state index contributed by atoms with van der Waals surface area (Å²) in [5.74, 6) is 0. The number of halogens is 1. The second-order valence-corrected chi connectivity index (χ2v) is 4.51. The van der Waals surface area contributed by atoms with Gasteiger partial charge < -0.3 is 14.7 Å². The second kappa shape index (κ2) is 5.38. The molecule has 0 bridgehead atoms. The van der Waals surface area contributed by atoms with Crippen molar-refractivity contribution < 1.29 is 14.6 Å². The van der Waals surface area contributed by atoms with Crippen LogP contribution in [0.15, 0.2) is 24.3 Å². The van der Waals surface area contributed by atoms with Crippen molar-refractivity contribution in [1.82, 2.24) is 4.90 Å². The average molecular weight is 256 g/mol. The number of likely N-dealkylation sites (tertiary alicyclic amines) is 1. The van der Waals surface area contributed by atoms with Crippen molar-refractivity contribution >= 4 is 17.7 Å². The van der Waals surface area contributed by atoms with Crippen molar-refractivity contribution in [3.05, 3.63) is 34.9 Å². The molecule has 0 spiro atoms. The van der Waals surface area contributed by atoms with Crippen molar-refractivity contribution in [2.24, 2.45) is 0 Å². The standard InChI is InChI=1S/C12H14ClNO3/c13-10-3-1-9(2-4-10)8-17-11-5-6-14(7-11)12(15)16/h1-4,11H,5-8H2,(H,15,16)/t11-/m1/s1. The fourth-order valence-corrected chi connectivity index (χ4v) is 1.96. The molecule has 4 nitrogen and oxygen atoms in total. The van der Waals surface area contributed by atoms with E-state index >= 15 is 0 Å². The van der Waals surface area contributed by atoms with Crippen LogP contribution in [0.25, 0.3) is 0 Å². The van der Waals surface area contributed by atoms with E-state index in [9.17, 15) is 4.79 Å². The molecule has 1 heterocycles. The Labute approximate surface area is 105 Å². The van der Waals surface area contributed by atoms with E-state index in [0.717, 1.165) is 12.0 Å². The lowest BCUT2D eigenvalue weighted by Gasteiger charge is -2.13. The number of rotatable bonds is 3. The van der Waals surface area contributed by atoms with E-state index in [1.165, 1.54) is 4.90 Å². The summed E-state index contributed by atoms with van der Waals surface area (Å²) in [5.41, 5.74) is 1.04. The molecule has 1 aliphatic rings. The molecule has 2 rings (SSSR count). The predicted octanol–water partition coefficient (Wildman–Crippen LogP) is 2.61. The van der Waals surface area contributed by atoms with Crippen molar-refractivity contribution in [2.75, 3.05) is 13.1 Å². The Kier molecular flexibility index (Phi) is 3.86. The lowest BCUT2D eigenvalue weighted by Crippen LogP contribution is -2.28. The van der Waals surface area contributed by atoms with Gasteiger partial charge in [0.05, 0.1) is 19.3 Å². The summed E-state index contributed by atoms with van der Waals surface area (Å²) in [7, 11) is 0. The maximum Gasteiger partial charge on any atom is 0.407 e. The first-order valence-corrected chi connectivity index (χ1v) is 5.87. The highest BCUT2D eigenvalue weighted by Crippen LogP contribution is 2.16. The molecule has 5 heteroatoms. The number of carboxylic acid groups (broad SMARTS) is 1. The van der Waals surface area contributed by atoms with Crippen LogP contribution in [-0.4, -0.2) is 35.3 Å². The molecule has 92 valence electrons. The molecule has 0 radical (unpaired) electrons. The zero-order valence-electron chi connectivity index (χ0n) is 9.30. The number of hydrogen-bond donors (Lipinski definition) is 1. The van der Waals surface area contributed by atoms with Crippen molar-refractivity contribution in [1.29, 1.82) is 0 Å². The Hall–Kier alpha value is -1.26. The normalized spacial score (nSPS) is 19.6. The van der Waals surface area contributed by atoms with Crippen molar-refractivity contribution in [3.63, 3.8) is 0 Å². The first kappa shape index (κ1) is 12.2. The molecule has 1 N–H and O–H groups in total. The van der Waals surface area contributed by atoms with Crippen molar-refractivity contribution in [2.45, 2.75) is 19.1 Å². The van der Waals surface area contributed by atoms with Gasteiger partial charge in [0, 0.05) is 11.6 Å². The van der Waals surface area contributed by atoms with Crippen LogP contribution in [0.2, 0.25) is 5.02 Å². The molecule has 1 amide bonds. The molecule has 1 aliphatic heterocycles. The van der Waals surface area contributed by atoms with Gasteiger partial charge in [0.1, 0.15) is 0 Å². The highest BCUT2D eigenvalue weighted by Gasteiger charge is 2.26. The third kappa shape index (κ3) is 3.35. The molecule has 0 unspecified atom stereocenters. The van der Waals surface area contributed by atoms with E-state index in [2.05, 4.69) is 0 Å². The van der Waals surface area contributed by atoms with Gasteiger partial charge in [-0.1, -0.05) is 23.7 Å². The number of carbonyl (C=O) groups is 1. The third-order valence-corrected chi connectivity index (χ3v) is 3.07. The van der Waals surface area contributed by atoms with E-state index in [4.69, 9.17) is 21.4 Å². The molecule has 1 aromatic rings. The Morgan fingerprint density at radius 2 is 2.18 bits per heavy atom. The lowest BCUT2D eigenvalue weighted by molar-refractivity contribution is 0.0466. The predicted molar refractivity (Wildman–Crippen MR) is 64.2 cm³/mol. The molecule has 0 saturated carbocycles. The van der Waals surface area contributed by atoms with Gasteiger partial charge in [0.25, 0.3) is 0 Å². The zero-order chi connectivity index (χ0) is 12.3. The SMILES string of the molecule is O=C(O)N1CC[C@@H](OCc2ccc(Cl)cc2)C1. The Morgan fingerprint density at radius 1 is 1.47 bits per heavy atom. The molecular weight excluding hydrogens is 242 g/mol. The summed E-state index contributed by atoms with van der Waals surface area (Å²) >= 11 is 5.78. The first-order valence-electron chi connectivity index (χ1n) is 5.49. The summed E-state index contributed by atoms with van der Waals surface area (Å²) in [4.78, 5) is 12.1. The zero-order valence-corrected chi connectivity index (χ0v) is 10.1. The van der Waals surface area contributed by atoms with Gasteiger partial charge in [-0.25, -0.2) is 4.79 Å². The Morgan fingerprint density at radius 3 is 2.76 bits per heavy atom. The van der Waals surface area contributed by atoms with Gasteiger partial charge in [-0.05, 0) is 24.1 Å². The minimum absolute atomic E-state index is 0.00165. The van der Waals surface area contributed by atoms with Gasteiger partial charge >= 0.3 is 6.09 Å². The molecule has 1 atom stereocenters. The van der Waals surface area contributed by atoms with Gasteiger partial charge in [-0.3, -0.25) is 0 Å². The quantitative estimate of drug-likeness (QED) is 0.903. The van der Waals surface area contributed by atoms with Crippen molar-refractivity contribution in [3.8, 4) is 0 Å². The molecule has 1 aromatic carbocycles. The number of ether oxygens (including phenoxy) is 1. The largest absolute Gasteiger partial charge is 0.465 e. The monoisotopic (exact) mass is 255 g/mol. The van der Waals surface area contributed by atoms with Crippen LogP contribution in [0.3, 0.4) is 0 Å². The summed E-state index contributed by atoms with van der Waals surface area (Å²) in [6.45, 7) is 1.51. The van der Waals surface area contributed by atoms with Crippen LogP contribution >= 0.6 is 11.6 Å². The Bertz CT molecular complexity index is 393. The Balaban J connectivity index is 1.80. The van der Waals surface area contributed by atoms with Crippen LogP contribution in [0.1, 0.15) is 12.0 Å². The van der Waals surface area contributed by atoms with Crippen LogP contribution in [-0.2, 0) is 11.3 Å². The van der Waals surface area contributed by atoms with Gasteiger partial charge in [-0.15, -0.1) is 0 Å². The van der Waals surface area contributed by atoms with Gasteiger partial charge in [-0.2, -0.15) is 0 Å².